The lowest BCUT2D eigenvalue weighted by Crippen LogP contribution is -2.44. The Bertz CT molecular complexity index is 989. The maximum Gasteiger partial charge on any atom is 0.252 e. The van der Waals surface area contributed by atoms with Gasteiger partial charge in [0.15, 0.2) is 0 Å². The molecule has 0 radical (unpaired) electrons. The molecule has 2 aliphatic rings. The third-order valence-corrected chi connectivity index (χ3v) is 10.2. The van der Waals surface area contributed by atoms with Crippen LogP contribution in [0.5, 0.6) is 0 Å². The lowest BCUT2D eigenvalue weighted by atomic mass is 9.73. The Balaban J connectivity index is 1.54. The molecule has 1 atom stereocenters. The van der Waals surface area contributed by atoms with Gasteiger partial charge in [-0.05, 0) is 67.0 Å². The monoisotopic (exact) mass is 446 g/mol. The molecule has 7 heteroatoms. The number of rotatable bonds is 6. The molecule has 1 aliphatic heterocycles. The van der Waals surface area contributed by atoms with E-state index >= 15 is 0 Å². The van der Waals surface area contributed by atoms with Crippen molar-refractivity contribution in [2.75, 3.05) is 26.2 Å². The minimum atomic E-state index is -3.40. The predicted octanol–water partition coefficient (Wildman–Crippen LogP) is 4.22. The Kier molecular flexibility index (Phi) is 6.06. The van der Waals surface area contributed by atoms with Crippen molar-refractivity contribution >= 4 is 27.3 Å². The summed E-state index contributed by atoms with van der Waals surface area (Å²) in [6, 6.07) is 12.0. The Hall–Kier alpha value is -1.70. The topological polar surface area (TPSA) is 57.7 Å². The summed E-state index contributed by atoms with van der Waals surface area (Å²) in [5.41, 5.74) is 2.59. The second-order valence-corrected chi connectivity index (χ2v) is 11.5. The first-order chi connectivity index (χ1) is 14.4. The van der Waals surface area contributed by atoms with E-state index in [1.54, 1.807) is 16.4 Å². The molecule has 2 heterocycles. The fraction of sp³-hybridized carbons (Fsp3) is 0.522. The molecule has 1 aliphatic carbocycles. The van der Waals surface area contributed by atoms with Crippen LogP contribution in [0, 0.1) is 0 Å². The first-order valence-electron chi connectivity index (χ1n) is 10.8. The molecule has 1 aromatic carbocycles. The third-order valence-electron chi connectivity index (χ3n) is 6.92. The normalized spacial score (nSPS) is 20.9. The Morgan fingerprint density at radius 2 is 1.83 bits per heavy atom. The number of piperidine rings is 1. The van der Waals surface area contributed by atoms with Crippen LogP contribution in [-0.2, 0) is 20.2 Å². The molecule has 0 N–H and O–H groups in total. The molecule has 30 heavy (non-hydrogen) atoms. The van der Waals surface area contributed by atoms with Gasteiger partial charge in [-0.2, -0.15) is 4.31 Å². The van der Waals surface area contributed by atoms with Crippen LogP contribution in [0.15, 0.2) is 46.0 Å². The molecular formula is C23H30N2O3S2. The minimum Gasteiger partial charge on any atom is -0.343 e. The number of thiophene rings is 1. The van der Waals surface area contributed by atoms with E-state index in [2.05, 4.69) is 24.3 Å². The van der Waals surface area contributed by atoms with Gasteiger partial charge in [0.1, 0.15) is 4.21 Å². The summed E-state index contributed by atoms with van der Waals surface area (Å²) in [4.78, 5) is 14.7. The van der Waals surface area contributed by atoms with Crippen LogP contribution in [0.4, 0.5) is 0 Å². The van der Waals surface area contributed by atoms with Gasteiger partial charge < -0.3 is 4.90 Å². The molecule has 1 saturated heterocycles. The number of fused-ring (bicyclic) bond motifs is 2. The Labute approximate surface area is 183 Å². The number of hydrogen-bond acceptors (Lipinski definition) is 4. The molecule has 1 spiro atoms. The average molecular weight is 447 g/mol. The average Bonchev–Trinajstić information content (AvgIpc) is 3.38. The van der Waals surface area contributed by atoms with Crippen molar-refractivity contribution in [2.45, 2.75) is 55.1 Å². The number of benzene rings is 1. The van der Waals surface area contributed by atoms with Gasteiger partial charge >= 0.3 is 0 Å². The third kappa shape index (κ3) is 3.72. The van der Waals surface area contributed by atoms with Crippen LogP contribution in [0.1, 0.15) is 56.6 Å². The summed E-state index contributed by atoms with van der Waals surface area (Å²) in [6.45, 7) is 6.59. The van der Waals surface area contributed by atoms with E-state index in [-0.39, 0.29) is 17.2 Å². The fourth-order valence-electron chi connectivity index (χ4n) is 5.29. The van der Waals surface area contributed by atoms with E-state index in [0.29, 0.717) is 23.7 Å². The molecule has 162 valence electrons. The van der Waals surface area contributed by atoms with E-state index in [1.807, 2.05) is 24.1 Å². The molecule has 0 bridgehead atoms. The van der Waals surface area contributed by atoms with Crippen molar-refractivity contribution in [1.82, 2.24) is 9.21 Å². The zero-order valence-corrected chi connectivity index (χ0v) is 19.3. The van der Waals surface area contributed by atoms with Crippen LogP contribution in [0.3, 0.4) is 0 Å². The summed E-state index contributed by atoms with van der Waals surface area (Å²) in [7, 11) is -3.40. The van der Waals surface area contributed by atoms with Gasteiger partial charge in [-0.3, -0.25) is 4.79 Å². The molecule has 4 rings (SSSR count). The van der Waals surface area contributed by atoms with Crippen molar-refractivity contribution in [2.24, 2.45) is 0 Å². The largest absolute Gasteiger partial charge is 0.343 e. The predicted molar refractivity (Wildman–Crippen MR) is 120 cm³/mol. The minimum absolute atomic E-state index is 0.0216. The van der Waals surface area contributed by atoms with E-state index in [4.69, 9.17) is 0 Å². The zero-order valence-electron chi connectivity index (χ0n) is 17.7. The first kappa shape index (κ1) is 21.5. The molecule has 5 nitrogen and oxygen atoms in total. The highest BCUT2D eigenvalue weighted by Gasteiger charge is 2.47. The SMILES string of the molecule is CCN(CC)C(=O)C[C@@H]1CC2(CCN(S(=O)(=O)c3cccs3)CC2)c2ccccc21. The summed E-state index contributed by atoms with van der Waals surface area (Å²) >= 11 is 1.28. The summed E-state index contributed by atoms with van der Waals surface area (Å²) in [6.07, 6.45) is 3.10. The maximum atomic E-state index is 12.9. The van der Waals surface area contributed by atoms with E-state index < -0.39 is 10.0 Å². The lowest BCUT2D eigenvalue weighted by molar-refractivity contribution is -0.131. The van der Waals surface area contributed by atoms with Crippen molar-refractivity contribution < 1.29 is 13.2 Å². The molecule has 0 unspecified atom stereocenters. The lowest BCUT2D eigenvalue weighted by Gasteiger charge is -2.39. The second-order valence-electron chi connectivity index (χ2n) is 8.37. The zero-order chi connectivity index (χ0) is 21.4. The molecule has 1 amide bonds. The number of carbonyl (C=O) groups is 1. The molecule has 2 aromatic rings. The molecule has 1 fully saturated rings. The van der Waals surface area contributed by atoms with Crippen LogP contribution >= 0.6 is 11.3 Å². The Morgan fingerprint density at radius 3 is 2.47 bits per heavy atom. The van der Waals surface area contributed by atoms with Gasteiger partial charge in [-0.25, -0.2) is 8.42 Å². The van der Waals surface area contributed by atoms with Crippen molar-refractivity contribution in [3.8, 4) is 0 Å². The van der Waals surface area contributed by atoms with Gasteiger partial charge in [-0.15, -0.1) is 11.3 Å². The quantitative estimate of drug-likeness (QED) is 0.668. The summed E-state index contributed by atoms with van der Waals surface area (Å²) in [5.74, 6) is 0.435. The Morgan fingerprint density at radius 1 is 1.13 bits per heavy atom. The number of hydrogen-bond donors (Lipinski definition) is 0. The van der Waals surface area contributed by atoms with Crippen LogP contribution < -0.4 is 0 Å². The molecule has 0 saturated carbocycles. The number of sulfonamides is 1. The standard InChI is InChI=1S/C23H30N2O3S2/c1-3-24(4-2)21(26)16-18-17-23(20-9-6-5-8-19(18)20)11-13-25(14-12-23)30(27,28)22-10-7-15-29-22/h5-10,15,18H,3-4,11-14,16-17H2,1-2H3/t18-/m1/s1. The number of amides is 1. The number of carbonyl (C=O) groups excluding carboxylic acids is 1. The van der Waals surface area contributed by atoms with Crippen LogP contribution in [-0.4, -0.2) is 49.7 Å². The highest BCUT2D eigenvalue weighted by Crippen LogP contribution is 2.53. The summed E-state index contributed by atoms with van der Waals surface area (Å²) in [5, 5.41) is 1.81. The summed E-state index contributed by atoms with van der Waals surface area (Å²) < 4.78 is 27.9. The highest BCUT2D eigenvalue weighted by atomic mass is 32.2. The fourth-order valence-corrected chi connectivity index (χ4v) is 7.88. The molecular weight excluding hydrogens is 416 g/mol. The first-order valence-corrected chi connectivity index (χ1v) is 13.1. The van der Waals surface area contributed by atoms with Gasteiger partial charge in [0.2, 0.25) is 5.91 Å². The van der Waals surface area contributed by atoms with E-state index in [1.165, 1.54) is 22.5 Å². The van der Waals surface area contributed by atoms with Gasteiger partial charge in [0.05, 0.1) is 0 Å². The van der Waals surface area contributed by atoms with Crippen molar-refractivity contribution in [1.29, 1.82) is 0 Å². The molecule has 1 aromatic heterocycles. The van der Waals surface area contributed by atoms with Gasteiger partial charge in [0, 0.05) is 32.6 Å². The smallest absolute Gasteiger partial charge is 0.252 e. The van der Waals surface area contributed by atoms with Gasteiger partial charge in [-0.1, -0.05) is 30.3 Å². The van der Waals surface area contributed by atoms with E-state index in [9.17, 15) is 13.2 Å². The number of nitrogens with zero attached hydrogens (tertiary/aromatic N) is 2. The van der Waals surface area contributed by atoms with Crippen LogP contribution in [0.25, 0.3) is 0 Å². The second kappa shape index (κ2) is 8.44. The maximum absolute atomic E-state index is 12.9. The van der Waals surface area contributed by atoms with Crippen molar-refractivity contribution in [3.05, 3.63) is 52.9 Å². The van der Waals surface area contributed by atoms with Crippen molar-refractivity contribution in [3.63, 3.8) is 0 Å². The highest BCUT2D eigenvalue weighted by molar-refractivity contribution is 7.91. The van der Waals surface area contributed by atoms with Crippen LogP contribution in [0.2, 0.25) is 0 Å². The van der Waals surface area contributed by atoms with Gasteiger partial charge in [0.25, 0.3) is 10.0 Å². The van der Waals surface area contributed by atoms with E-state index in [0.717, 1.165) is 32.4 Å².